The zero-order chi connectivity index (χ0) is 17.9. The summed E-state index contributed by atoms with van der Waals surface area (Å²) >= 11 is 0. The largest absolute Gasteiger partial charge is 0.454 e. The predicted octanol–water partition coefficient (Wildman–Crippen LogP) is 2.77. The Morgan fingerprint density at radius 1 is 1.08 bits per heavy atom. The van der Waals surface area contributed by atoms with E-state index in [0.717, 1.165) is 11.1 Å². The molecule has 0 saturated heterocycles. The lowest BCUT2D eigenvalue weighted by molar-refractivity contribution is 0.174. The van der Waals surface area contributed by atoms with Crippen LogP contribution >= 0.6 is 0 Å². The summed E-state index contributed by atoms with van der Waals surface area (Å²) in [5.41, 5.74) is 1.54. The first-order valence-corrected chi connectivity index (χ1v) is 8.11. The predicted molar refractivity (Wildman–Crippen MR) is 93.9 cm³/mol. The quantitative estimate of drug-likeness (QED) is 0.764. The number of halogens is 1. The number of nitrogens with zero attached hydrogens (tertiary/aromatic N) is 2. The highest BCUT2D eigenvalue weighted by Crippen LogP contribution is 2.32. The number of hydrogen-bond acceptors (Lipinski definition) is 5. The molecular formula is C19H16FN3O3. The lowest BCUT2D eigenvalue weighted by Crippen LogP contribution is -2.24. The van der Waals surface area contributed by atoms with E-state index in [2.05, 4.69) is 10.3 Å². The molecule has 0 atom stereocenters. The summed E-state index contributed by atoms with van der Waals surface area (Å²) in [6.45, 7) is 1.00. The highest BCUT2D eigenvalue weighted by atomic mass is 19.1. The molecule has 0 fully saturated rings. The van der Waals surface area contributed by atoms with Crippen LogP contribution in [0.3, 0.4) is 0 Å². The summed E-state index contributed by atoms with van der Waals surface area (Å²) in [5.74, 6) is 1.36. The van der Waals surface area contributed by atoms with Crippen molar-refractivity contribution >= 4 is 5.82 Å². The van der Waals surface area contributed by atoms with Crippen LogP contribution in [0.4, 0.5) is 10.2 Å². The maximum atomic E-state index is 13.0. The molecule has 2 heterocycles. The molecule has 0 radical (unpaired) electrons. The van der Waals surface area contributed by atoms with Crippen LogP contribution in [0.2, 0.25) is 0 Å². The Bertz CT molecular complexity index is 986. The van der Waals surface area contributed by atoms with Gasteiger partial charge in [0, 0.05) is 18.9 Å². The van der Waals surface area contributed by atoms with E-state index in [0.29, 0.717) is 24.6 Å². The van der Waals surface area contributed by atoms with Gasteiger partial charge in [-0.25, -0.2) is 9.37 Å². The second-order valence-corrected chi connectivity index (χ2v) is 5.88. The van der Waals surface area contributed by atoms with Crippen LogP contribution in [-0.4, -0.2) is 16.3 Å². The third-order valence-corrected chi connectivity index (χ3v) is 4.08. The molecule has 7 heteroatoms. The Kier molecular flexibility index (Phi) is 4.27. The van der Waals surface area contributed by atoms with Crippen molar-refractivity contribution in [3.8, 4) is 11.5 Å². The van der Waals surface area contributed by atoms with Crippen molar-refractivity contribution in [3.05, 3.63) is 82.2 Å². The molecule has 1 aromatic heterocycles. The number of hydrogen-bond donors (Lipinski definition) is 1. The topological polar surface area (TPSA) is 65.4 Å². The van der Waals surface area contributed by atoms with E-state index in [-0.39, 0.29) is 24.0 Å². The number of aromatic nitrogens is 2. The Balaban J connectivity index is 1.48. The molecule has 4 rings (SSSR count). The van der Waals surface area contributed by atoms with Crippen LogP contribution in [0, 0.1) is 5.82 Å². The van der Waals surface area contributed by atoms with Crippen LogP contribution in [0.25, 0.3) is 0 Å². The van der Waals surface area contributed by atoms with E-state index < -0.39 is 0 Å². The first kappa shape index (κ1) is 16.1. The molecule has 0 unspecified atom stereocenters. The standard InChI is InChI=1S/C19H16FN3O3/c20-15-4-1-13(2-5-15)11-23-8-7-21-18(19(23)24)22-10-14-3-6-16-17(9-14)26-12-25-16/h1-9H,10-12H2,(H,21,22). The van der Waals surface area contributed by atoms with Crippen LogP contribution in [0.5, 0.6) is 11.5 Å². The molecule has 0 bridgehead atoms. The van der Waals surface area contributed by atoms with Gasteiger partial charge in [0.05, 0.1) is 6.54 Å². The Morgan fingerprint density at radius 3 is 2.69 bits per heavy atom. The summed E-state index contributed by atoms with van der Waals surface area (Å²) in [7, 11) is 0. The van der Waals surface area contributed by atoms with Crippen LogP contribution < -0.4 is 20.3 Å². The molecule has 2 aromatic carbocycles. The molecule has 132 valence electrons. The first-order valence-electron chi connectivity index (χ1n) is 8.11. The molecule has 6 nitrogen and oxygen atoms in total. The molecule has 1 aliphatic rings. The van der Waals surface area contributed by atoms with Crippen molar-refractivity contribution in [3.63, 3.8) is 0 Å². The summed E-state index contributed by atoms with van der Waals surface area (Å²) < 4.78 is 25.2. The van der Waals surface area contributed by atoms with E-state index in [9.17, 15) is 9.18 Å². The average Bonchev–Trinajstić information content (AvgIpc) is 3.12. The Hall–Kier alpha value is -3.35. The normalized spacial score (nSPS) is 12.2. The van der Waals surface area contributed by atoms with Crippen LogP contribution in [0.1, 0.15) is 11.1 Å². The SMILES string of the molecule is O=c1c(NCc2ccc3c(c2)OCO3)nccn1Cc1ccc(F)cc1. The van der Waals surface area contributed by atoms with E-state index in [1.54, 1.807) is 24.5 Å². The maximum absolute atomic E-state index is 13.0. The van der Waals surface area contributed by atoms with Crippen LogP contribution in [-0.2, 0) is 13.1 Å². The Morgan fingerprint density at radius 2 is 1.85 bits per heavy atom. The van der Waals surface area contributed by atoms with Crippen molar-refractivity contribution in [1.82, 2.24) is 9.55 Å². The monoisotopic (exact) mass is 353 g/mol. The smallest absolute Gasteiger partial charge is 0.293 e. The van der Waals surface area contributed by atoms with E-state index >= 15 is 0 Å². The fourth-order valence-corrected chi connectivity index (χ4v) is 2.72. The minimum atomic E-state index is -0.304. The van der Waals surface area contributed by atoms with Gasteiger partial charge in [0.1, 0.15) is 5.82 Å². The van der Waals surface area contributed by atoms with Gasteiger partial charge in [-0.15, -0.1) is 0 Å². The van der Waals surface area contributed by atoms with Crippen LogP contribution in [0.15, 0.2) is 59.7 Å². The van der Waals surface area contributed by atoms with Crippen molar-refractivity contribution in [2.75, 3.05) is 12.1 Å². The van der Waals surface area contributed by atoms with Crippen molar-refractivity contribution in [2.45, 2.75) is 13.1 Å². The zero-order valence-corrected chi connectivity index (χ0v) is 13.8. The van der Waals surface area contributed by atoms with Gasteiger partial charge in [-0.2, -0.15) is 0 Å². The molecule has 1 N–H and O–H groups in total. The van der Waals surface area contributed by atoms with Gasteiger partial charge in [0.25, 0.3) is 5.56 Å². The summed E-state index contributed by atoms with van der Waals surface area (Å²) in [6.07, 6.45) is 3.17. The third kappa shape index (κ3) is 3.37. The molecular weight excluding hydrogens is 337 g/mol. The number of ether oxygens (including phenoxy) is 2. The molecule has 26 heavy (non-hydrogen) atoms. The number of fused-ring (bicyclic) bond motifs is 1. The van der Waals surface area contributed by atoms with Gasteiger partial charge in [0.2, 0.25) is 6.79 Å². The Labute approximate surface area is 148 Å². The van der Waals surface area contributed by atoms with Gasteiger partial charge in [0.15, 0.2) is 17.3 Å². The first-order chi connectivity index (χ1) is 12.7. The summed E-state index contributed by atoms with van der Waals surface area (Å²) in [5, 5.41) is 3.05. The molecule has 1 aliphatic heterocycles. The average molecular weight is 353 g/mol. The highest BCUT2D eigenvalue weighted by Gasteiger charge is 2.13. The number of nitrogens with one attached hydrogen (secondary N) is 1. The number of rotatable bonds is 5. The zero-order valence-electron chi connectivity index (χ0n) is 13.8. The maximum Gasteiger partial charge on any atom is 0.293 e. The van der Waals surface area contributed by atoms with E-state index in [1.165, 1.54) is 16.7 Å². The minimum absolute atomic E-state index is 0.223. The van der Waals surface area contributed by atoms with Crippen molar-refractivity contribution < 1.29 is 13.9 Å². The summed E-state index contributed by atoms with van der Waals surface area (Å²) in [4.78, 5) is 16.7. The molecule has 0 amide bonds. The van der Waals surface area contributed by atoms with E-state index in [1.807, 2.05) is 18.2 Å². The lowest BCUT2D eigenvalue weighted by atomic mass is 10.2. The number of benzene rings is 2. The summed E-state index contributed by atoms with van der Waals surface area (Å²) in [6, 6.07) is 11.7. The van der Waals surface area contributed by atoms with Gasteiger partial charge in [-0.05, 0) is 35.4 Å². The van der Waals surface area contributed by atoms with Gasteiger partial charge in [-0.3, -0.25) is 4.79 Å². The minimum Gasteiger partial charge on any atom is -0.454 e. The second kappa shape index (κ2) is 6.87. The fraction of sp³-hybridized carbons (Fsp3) is 0.158. The molecule has 0 saturated carbocycles. The third-order valence-electron chi connectivity index (χ3n) is 4.08. The number of anilines is 1. The van der Waals surface area contributed by atoms with Gasteiger partial charge >= 0.3 is 0 Å². The highest BCUT2D eigenvalue weighted by molar-refractivity contribution is 5.45. The van der Waals surface area contributed by atoms with E-state index in [4.69, 9.17) is 9.47 Å². The van der Waals surface area contributed by atoms with Gasteiger partial charge in [-0.1, -0.05) is 18.2 Å². The van der Waals surface area contributed by atoms with Crippen molar-refractivity contribution in [1.29, 1.82) is 0 Å². The molecule has 0 spiro atoms. The molecule has 3 aromatic rings. The van der Waals surface area contributed by atoms with Crippen molar-refractivity contribution in [2.24, 2.45) is 0 Å². The fourth-order valence-electron chi connectivity index (χ4n) is 2.72. The second-order valence-electron chi connectivity index (χ2n) is 5.88. The molecule has 0 aliphatic carbocycles. The van der Waals surface area contributed by atoms with Gasteiger partial charge < -0.3 is 19.4 Å². The lowest BCUT2D eigenvalue weighted by Gasteiger charge is -2.10.